The quantitative estimate of drug-likeness (QED) is 0.783. The Morgan fingerprint density at radius 1 is 1.22 bits per heavy atom. The van der Waals surface area contributed by atoms with Gasteiger partial charge in [-0.25, -0.2) is 9.67 Å². The van der Waals surface area contributed by atoms with Gasteiger partial charge in [0.2, 0.25) is 0 Å². The molecule has 0 bridgehead atoms. The molecule has 6 heteroatoms. The zero-order valence-corrected chi connectivity index (χ0v) is 13.7. The third-order valence-electron chi connectivity index (χ3n) is 3.82. The fraction of sp³-hybridized carbons (Fsp3) is 0.471. The number of hydrogen-bond donors (Lipinski definition) is 2. The van der Waals surface area contributed by atoms with Gasteiger partial charge in [-0.05, 0) is 37.1 Å². The molecule has 2 rings (SSSR count). The van der Waals surface area contributed by atoms with Gasteiger partial charge in [-0.15, -0.1) is 0 Å². The van der Waals surface area contributed by atoms with Gasteiger partial charge in [-0.3, -0.25) is 4.79 Å². The summed E-state index contributed by atoms with van der Waals surface area (Å²) >= 11 is 0. The molecule has 1 aromatic heterocycles. The van der Waals surface area contributed by atoms with Gasteiger partial charge >= 0.3 is 0 Å². The van der Waals surface area contributed by atoms with Crippen LogP contribution in [0.5, 0.6) is 0 Å². The molecule has 124 valence electrons. The molecule has 0 atom stereocenters. The molecule has 2 aromatic rings. The summed E-state index contributed by atoms with van der Waals surface area (Å²) in [6.07, 6.45) is 6.21. The fourth-order valence-electron chi connectivity index (χ4n) is 2.69. The minimum absolute atomic E-state index is 0.180. The lowest BCUT2D eigenvalue weighted by Crippen LogP contribution is -2.42. The highest BCUT2D eigenvalue weighted by atomic mass is 16.3. The highest BCUT2D eigenvalue weighted by molar-refractivity contribution is 5.94. The minimum atomic E-state index is -0.820. The van der Waals surface area contributed by atoms with Crippen molar-refractivity contribution in [2.45, 2.75) is 45.1 Å². The molecule has 0 aliphatic carbocycles. The summed E-state index contributed by atoms with van der Waals surface area (Å²) in [5.41, 5.74) is 0.580. The molecule has 0 unspecified atom stereocenters. The molecule has 2 N–H and O–H groups in total. The molecule has 1 aromatic carbocycles. The van der Waals surface area contributed by atoms with Crippen LogP contribution in [0.2, 0.25) is 0 Å². The lowest BCUT2D eigenvalue weighted by atomic mass is 9.92. The van der Waals surface area contributed by atoms with Gasteiger partial charge in [0.25, 0.3) is 5.91 Å². The lowest BCUT2D eigenvalue weighted by molar-refractivity contribution is 0.0213. The van der Waals surface area contributed by atoms with Crippen molar-refractivity contribution in [3.05, 3.63) is 42.5 Å². The van der Waals surface area contributed by atoms with Gasteiger partial charge in [-0.1, -0.05) is 26.7 Å². The second-order valence-electron chi connectivity index (χ2n) is 5.79. The van der Waals surface area contributed by atoms with Crippen LogP contribution >= 0.6 is 0 Å². The third-order valence-corrected chi connectivity index (χ3v) is 3.82. The molecule has 0 radical (unpaired) electrons. The van der Waals surface area contributed by atoms with E-state index in [0.29, 0.717) is 18.4 Å². The number of carbonyl (C=O) groups is 1. The van der Waals surface area contributed by atoms with Gasteiger partial charge in [-0.2, -0.15) is 5.10 Å². The number of benzene rings is 1. The van der Waals surface area contributed by atoms with Crippen molar-refractivity contribution in [2.75, 3.05) is 6.54 Å². The van der Waals surface area contributed by atoms with E-state index in [1.165, 1.54) is 6.33 Å². The normalized spacial score (nSPS) is 11.4. The molecule has 1 amide bonds. The van der Waals surface area contributed by atoms with Crippen molar-refractivity contribution in [1.82, 2.24) is 20.1 Å². The van der Waals surface area contributed by atoms with E-state index < -0.39 is 5.60 Å². The first-order chi connectivity index (χ1) is 11.1. The molecule has 0 fully saturated rings. The molecule has 0 aliphatic heterocycles. The van der Waals surface area contributed by atoms with E-state index in [4.69, 9.17) is 0 Å². The Morgan fingerprint density at radius 3 is 2.39 bits per heavy atom. The number of amides is 1. The molecule has 0 spiro atoms. The Morgan fingerprint density at radius 2 is 1.87 bits per heavy atom. The molecule has 0 saturated carbocycles. The molecular weight excluding hydrogens is 292 g/mol. The van der Waals surface area contributed by atoms with Gasteiger partial charge in [0, 0.05) is 12.1 Å². The van der Waals surface area contributed by atoms with E-state index in [9.17, 15) is 9.90 Å². The Labute approximate surface area is 136 Å². The highest BCUT2D eigenvalue weighted by Crippen LogP contribution is 2.18. The predicted octanol–water partition coefficient (Wildman–Crippen LogP) is 2.33. The minimum Gasteiger partial charge on any atom is -0.388 e. The van der Waals surface area contributed by atoms with Gasteiger partial charge in [0.1, 0.15) is 12.7 Å². The highest BCUT2D eigenvalue weighted by Gasteiger charge is 2.25. The lowest BCUT2D eigenvalue weighted by Gasteiger charge is -2.27. The van der Waals surface area contributed by atoms with Crippen molar-refractivity contribution < 1.29 is 9.90 Å². The van der Waals surface area contributed by atoms with Crippen LogP contribution in [0, 0.1) is 0 Å². The number of aromatic nitrogens is 3. The number of nitrogens with one attached hydrogen (secondary N) is 1. The van der Waals surface area contributed by atoms with Crippen LogP contribution in [-0.2, 0) is 0 Å². The first-order valence-corrected chi connectivity index (χ1v) is 8.03. The molecule has 23 heavy (non-hydrogen) atoms. The molecule has 0 saturated heterocycles. The topological polar surface area (TPSA) is 80.0 Å². The van der Waals surface area contributed by atoms with Crippen LogP contribution in [0.15, 0.2) is 36.9 Å². The van der Waals surface area contributed by atoms with Crippen LogP contribution in [0.25, 0.3) is 5.69 Å². The second kappa shape index (κ2) is 7.87. The average Bonchev–Trinajstić information content (AvgIpc) is 3.08. The maximum Gasteiger partial charge on any atom is 0.251 e. The summed E-state index contributed by atoms with van der Waals surface area (Å²) in [6.45, 7) is 4.34. The summed E-state index contributed by atoms with van der Waals surface area (Å²) in [4.78, 5) is 16.1. The van der Waals surface area contributed by atoms with Crippen LogP contribution in [-0.4, -0.2) is 37.9 Å². The van der Waals surface area contributed by atoms with Crippen molar-refractivity contribution in [1.29, 1.82) is 0 Å². The fourth-order valence-corrected chi connectivity index (χ4v) is 2.69. The third kappa shape index (κ3) is 4.63. The van der Waals surface area contributed by atoms with Crippen molar-refractivity contribution in [2.24, 2.45) is 0 Å². The van der Waals surface area contributed by atoms with Crippen LogP contribution in [0.1, 0.15) is 49.9 Å². The number of carbonyl (C=O) groups excluding carboxylic acids is 1. The van der Waals surface area contributed by atoms with Crippen molar-refractivity contribution in [3.63, 3.8) is 0 Å². The van der Waals surface area contributed by atoms with Crippen LogP contribution < -0.4 is 5.32 Å². The first-order valence-electron chi connectivity index (χ1n) is 8.03. The van der Waals surface area contributed by atoms with E-state index in [2.05, 4.69) is 15.4 Å². The van der Waals surface area contributed by atoms with Crippen LogP contribution in [0.4, 0.5) is 0 Å². The Bertz CT molecular complexity index is 602. The van der Waals surface area contributed by atoms with E-state index >= 15 is 0 Å². The number of hydrogen-bond acceptors (Lipinski definition) is 4. The molecule has 1 heterocycles. The van der Waals surface area contributed by atoms with E-state index in [1.807, 2.05) is 26.0 Å². The second-order valence-corrected chi connectivity index (χ2v) is 5.79. The standard InChI is InChI=1S/C17H24N4O2/c1-3-9-17(23,10-4-2)11-19-16(22)14-5-7-15(8-6-14)21-13-18-12-20-21/h5-8,12-13,23H,3-4,9-11H2,1-2H3,(H,19,22). The monoisotopic (exact) mass is 316 g/mol. The van der Waals surface area contributed by atoms with E-state index in [0.717, 1.165) is 18.5 Å². The molecule has 6 nitrogen and oxygen atoms in total. The van der Waals surface area contributed by atoms with E-state index in [1.54, 1.807) is 23.1 Å². The summed E-state index contributed by atoms with van der Waals surface area (Å²) in [5, 5.41) is 17.4. The smallest absolute Gasteiger partial charge is 0.251 e. The van der Waals surface area contributed by atoms with Crippen molar-refractivity contribution >= 4 is 5.91 Å². The van der Waals surface area contributed by atoms with Gasteiger partial charge in [0.05, 0.1) is 11.3 Å². The zero-order chi connectivity index (χ0) is 16.7. The summed E-state index contributed by atoms with van der Waals surface area (Å²) in [7, 11) is 0. The SMILES string of the molecule is CCCC(O)(CCC)CNC(=O)c1ccc(-n2cncn2)cc1. The summed E-state index contributed by atoms with van der Waals surface area (Å²) < 4.78 is 1.63. The number of aliphatic hydroxyl groups is 1. The van der Waals surface area contributed by atoms with Gasteiger partial charge < -0.3 is 10.4 Å². The maximum absolute atomic E-state index is 12.2. The average molecular weight is 316 g/mol. The summed E-state index contributed by atoms with van der Waals surface area (Å²) in [5.74, 6) is -0.180. The number of rotatable bonds is 8. The van der Waals surface area contributed by atoms with Crippen LogP contribution in [0.3, 0.4) is 0 Å². The summed E-state index contributed by atoms with van der Waals surface area (Å²) in [6, 6.07) is 7.11. The number of nitrogens with zero attached hydrogens (tertiary/aromatic N) is 3. The Hall–Kier alpha value is -2.21. The largest absolute Gasteiger partial charge is 0.388 e. The predicted molar refractivity (Wildman–Crippen MR) is 88.5 cm³/mol. The first kappa shape index (κ1) is 17.1. The van der Waals surface area contributed by atoms with Crippen molar-refractivity contribution in [3.8, 4) is 5.69 Å². The Kier molecular flexibility index (Phi) is 5.87. The zero-order valence-electron chi connectivity index (χ0n) is 13.7. The maximum atomic E-state index is 12.2. The van der Waals surface area contributed by atoms with E-state index in [-0.39, 0.29) is 12.5 Å². The molecular formula is C17H24N4O2. The molecule has 0 aliphatic rings. The Balaban J connectivity index is 1.97. The van der Waals surface area contributed by atoms with Gasteiger partial charge in [0.15, 0.2) is 0 Å².